The molecule has 1 N–H and O–H groups in total. The quantitative estimate of drug-likeness (QED) is 0.748. The van der Waals surface area contributed by atoms with E-state index in [4.69, 9.17) is 5.11 Å². The van der Waals surface area contributed by atoms with E-state index in [1.54, 1.807) is 30.3 Å². The number of benzene rings is 1. The first-order chi connectivity index (χ1) is 4.30. The largest absolute Gasteiger partial charge is 0.478 e. The van der Waals surface area contributed by atoms with Gasteiger partial charge in [-0.2, -0.15) is 0 Å². The maximum absolute atomic E-state index is 10.2. The summed E-state index contributed by atoms with van der Waals surface area (Å²) in [5.74, 6) is -0.879. The number of hydrogen-bond donors (Lipinski definition) is 1. The molecule has 1 aromatic carbocycles. The van der Waals surface area contributed by atoms with Gasteiger partial charge in [0.2, 0.25) is 0 Å². The summed E-state index contributed by atoms with van der Waals surface area (Å²) in [4.78, 5) is 10.2. The van der Waals surface area contributed by atoms with E-state index < -0.39 is 5.97 Å². The zero-order valence-corrected chi connectivity index (χ0v) is 7.74. The number of aromatic carboxylic acids is 1. The predicted octanol–water partition coefficient (Wildman–Crippen LogP) is 1.00. The number of hydrogen-bond acceptors (Lipinski definition) is 1. The molecular weight excluding hydrogens is 238 g/mol. The monoisotopic (exact) mass is 243 g/mol. The molecule has 1 rings (SSSR count). The van der Waals surface area contributed by atoms with Gasteiger partial charge in [0.05, 0.1) is 5.56 Å². The van der Waals surface area contributed by atoms with Gasteiger partial charge in [-0.15, -0.1) is 0 Å². The average molecular weight is 244 g/mol. The summed E-state index contributed by atoms with van der Waals surface area (Å²) in [6.45, 7) is 0. The molecule has 51 valence electrons. The summed E-state index contributed by atoms with van der Waals surface area (Å²) in [6, 6.07) is 8.30. The van der Waals surface area contributed by atoms with Crippen LogP contribution in [0.1, 0.15) is 10.4 Å². The minimum atomic E-state index is -0.879. The number of carboxylic acid groups (broad SMARTS) is 1. The van der Waals surface area contributed by atoms with Crippen LogP contribution in [0.15, 0.2) is 30.3 Å². The van der Waals surface area contributed by atoms with Crippen molar-refractivity contribution in [1.82, 2.24) is 0 Å². The van der Waals surface area contributed by atoms with Gasteiger partial charge in [-0.3, -0.25) is 0 Å². The van der Waals surface area contributed by atoms with E-state index in [0.29, 0.717) is 5.56 Å². The van der Waals surface area contributed by atoms with Gasteiger partial charge in [0.15, 0.2) is 0 Å². The van der Waals surface area contributed by atoms with Crippen LogP contribution >= 0.6 is 0 Å². The molecule has 0 saturated carbocycles. The Labute approximate surface area is 76.3 Å². The Morgan fingerprint density at radius 3 is 2.00 bits per heavy atom. The average Bonchev–Trinajstić information content (AvgIpc) is 1.90. The first-order valence-electron chi connectivity index (χ1n) is 2.59. The molecule has 1 aromatic rings. The van der Waals surface area contributed by atoms with Gasteiger partial charge in [-0.1, -0.05) is 18.2 Å². The third kappa shape index (κ3) is 2.40. The molecule has 0 aliphatic carbocycles. The molecule has 10 heavy (non-hydrogen) atoms. The second-order valence-corrected chi connectivity index (χ2v) is 1.67. The Hall–Kier alpha value is -0.492. The summed E-state index contributed by atoms with van der Waals surface area (Å²) in [6.07, 6.45) is 0. The van der Waals surface area contributed by atoms with Crippen LogP contribution < -0.4 is 0 Å². The molecule has 0 heterocycles. The van der Waals surface area contributed by atoms with Crippen molar-refractivity contribution < 1.29 is 9.90 Å². The maximum atomic E-state index is 10.2. The fourth-order valence-corrected chi connectivity index (χ4v) is 0.581. The van der Waals surface area contributed by atoms with Gasteiger partial charge in [-0.25, -0.2) is 4.79 Å². The molecule has 2 nitrogen and oxygen atoms in total. The zero-order chi connectivity index (χ0) is 6.69. The topological polar surface area (TPSA) is 37.3 Å². The van der Waals surface area contributed by atoms with Crippen LogP contribution in [0.4, 0.5) is 0 Å². The van der Waals surface area contributed by atoms with Gasteiger partial charge < -0.3 is 5.11 Å². The molecular formula is C7H6O2Sb. The Bertz CT molecular complexity index is 208. The van der Waals surface area contributed by atoms with Crippen molar-refractivity contribution >= 4 is 30.4 Å². The van der Waals surface area contributed by atoms with Crippen molar-refractivity contribution in [3.63, 3.8) is 0 Å². The van der Waals surface area contributed by atoms with Crippen LogP contribution in [-0.4, -0.2) is 35.5 Å². The Kier molecular flexibility index (Phi) is 4.13. The van der Waals surface area contributed by atoms with Crippen LogP contribution in [0.5, 0.6) is 0 Å². The van der Waals surface area contributed by atoms with Crippen molar-refractivity contribution in [3.05, 3.63) is 35.9 Å². The summed E-state index contributed by atoms with van der Waals surface area (Å²) < 4.78 is 0. The van der Waals surface area contributed by atoms with Crippen LogP contribution in [0.25, 0.3) is 0 Å². The first-order valence-corrected chi connectivity index (χ1v) is 2.59. The first kappa shape index (κ1) is 9.51. The molecule has 0 aliphatic rings. The Balaban J connectivity index is 0.000000810. The van der Waals surface area contributed by atoms with Crippen LogP contribution in [0.2, 0.25) is 0 Å². The van der Waals surface area contributed by atoms with E-state index in [9.17, 15) is 4.79 Å². The Morgan fingerprint density at radius 1 is 1.20 bits per heavy atom. The summed E-state index contributed by atoms with van der Waals surface area (Å²) in [5.41, 5.74) is 0.331. The standard InChI is InChI=1S/C7H6O2.Sb/c8-7(9)6-4-2-1-3-5-6;/h1-5H,(H,8,9);. The molecule has 0 fully saturated rings. The van der Waals surface area contributed by atoms with E-state index in [2.05, 4.69) is 0 Å². The molecule has 0 amide bonds. The molecule has 0 aliphatic heterocycles. The van der Waals surface area contributed by atoms with Gasteiger partial charge in [0.1, 0.15) is 0 Å². The predicted molar refractivity (Wildman–Crippen MR) is 39.2 cm³/mol. The van der Waals surface area contributed by atoms with Crippen molar-refractivity contribution in [2.24, 2.45) is 0 Å². The van der Waals surface area contributed by atoms with Crippen molar-refractivity contribution in [2.75, 3.05) is 0 Å². The van der Waals surface area contributed by atoms with E-state index in [0.717, 1.165) is 0 Å². The van der Waals surface area contributed by atoms with Crippen LogP contribution in [0.3, 0.4) is 0 Å². The molecule has 3 heteroatoms. The van der Waals surface area contributed by atoms with E-state index in [1.165, 1.54) is 0 Å². The van der Waals surface area contributed by atoms with Crippen LogP contribution in [-0.2, 0) is 0 Å². The second-order valence-electron chi connectivity index (χ2n) is 1.67. The zero-order valence-electron chi connectivity index (χ0n) is 5.19. The SMILES string of the molecule is O=C(O)c1ccccc1.[Sb]. The maximum Gasteiger partial charge on any atom is 0.335 e. The Morgan fingerprint density at radius 2 is 1.70 bits per heavy atom. The van der Waals surface area contributed by atoms with Crippen LogP contribution in [0, 0.1) is 0 Å². The normalized spacial score (nSPS) is 8.00. The summed E-state index contributed by atoms with van der Waals surface area (Å²) in [7, 11) is 0. The molecule has 0 saturated heterocycles. The summed E-state index contributed by atoms with van der Waals surface area (Å²) in [5, 5.41) is 8.38. The van der Waals surface area contributed by atoms with Gasteiger partial charge in [0.25, 0.3) is 0 Å². The van der Waals surface area contributed by atoms with E-state index in [-0.39, 0.29) is 24.4 Å². The fraction of sp³-hybridized carbons (Fsp3) is 0. The van der Waals surface area contributed by atoms with Crippen molar-refractivity contribution in [2.45, 2.75) is 0 Å². The van der Waals surface area contributed by atoms with Crippen molar-refractivity contribution in [1.29, 1.82) is 0 Å². The third-order valence-corrected chi connectivity index (χ3v) is 1.02. The summed E-state index contributed by atoms with van der Waals surface area (Å²) >= 11 is 0. The smallest absolute Gasteiger partial charge is 0.335 e. The minimum absolute atomic E-state index is 0. The van der Waals surface area contributed by atoms with Gasteiger partial charge in [0, 0.05) is 24.4 Å². The molecule has 0 atom stereocenters. The minimum Gasteiger partial charge on any atom is -0.478 e. The second kappa shape index (κ2) is 4.34. The van der Waals surface area contributed by atoms with E-state index in [1.807, 2.05) is 0 Å². The van der Waals surface area contributed by atoms with Crippen molar-refractivity contribution in [3.8, 4) is 0 Å². The number of carboxylic acids is 1. The molecule has 0 unspecified atom stereocenters. The number of carbonyl (C=O) groups is 1. The van der Waals surface area contributed by atoms with E-state index >= 15 is 0 Å². The fourth-order valence-electron chi connectivity index (χ4n) is 0.581. The third-order valence-electron chi connectivity index (χ3n) is 1.02. The molecule has 0 spiro atoms. The van der Waals surface area contributed by atoms with Gasteiger partial charge in [-0.05, 0) is 12.1 Å². The molecule has 0 aromatic heterocycles. The number of rotatable bonds is 1. The molecule has 0 bridgehead atoms. The molecule has 3 radical (unpaired) electrons. The van der Waals surface area contributed by atoms with Gasteiger partial charge >= 0.3 is 5.97 Å².